The lowest BCUT2D eigenvalue weighted by Gasteiger charge is -2.46. The molecule has 14 aromatic rings. The van der Waals surface area contributed by atoms with Gasteiger partial charge in [0.15, 0.2) is 0 Å². The third-order valence-corrected chi connectivity index (χ3v) is 27.8. The summed E-state index contributed by atoms with van der Waals surface area (Å²) in [5.41, 5.74) is 32.8. The summed E-state index contributed by atoms with van der Waals surface area (Å²) >= 11 is 0. The van der Waals surface area contributed by atoms with Gasteiger partial charge in [-0.25, -0.2) is 0 Å². The summed E-state index contributed by atoms with van der Waals surface area (Å²) in [5.74, 6) is 0. The highest BCUT2D eigenvalue weighted by Crippen LogP contribution is 2.58. The Kier molecular flexibility index (Phi) is 20.0. The molecule has 130 heavy (non-hydrogen) atoms. The van der Waals surface area contributed by atoms with E-state index >= 15 is 0 Å². The van der Waals surface area contributed by atoms with E-state index in [1.165, 1.54) is 61.2 Å². The van der Waals surface area contributed by atoms with Crippen LogP contribution in [0.1, 0.15) is 327 Å². The first-order valence-corrected chi connectivity index (χ1v) is 47.6. The number of anilines is 6. The zero-order valence-corrected chi connectivity index (χ0v) is 85.4. The van der Waals surface area contributed by atoms with Crippen molar-refractivity contribution in [1.82, 2.24) is 4.57 Å². The van der Waals surface area contributed by atoms with E-state index < -0.39 is 48.4 Å². The van der Waals surface area contributed by atoms with E-state index in [0.29, 0.717) is 5.69 Å². The van der Waals surface area contributed by atoms with E-state index in [4.69, 9.17) is 0 Å². The lowest BCUT2D eigenvalue weighted by atomic mass is 9.33. The minimum Gasteiger partial charge on any atom is -0.310 e. The Morgan fingerprint density at radius 2 is 0.500 bits per heavy atom. The fourth-order valence-corrected chi connectivity index (χ4v) is 19.3. The predicted octanol–water partition coefficient (Wildman–Crippen LogP) is 34.4. The first-order chi connectivity index (χ1) is 63.3. The Morgan fingerprint density at radius 3 is 0.877 bits per heavy atom. The van der Waals surface area contributed by atoms with Crippen molar-refractivity contribution >= 4 is 79.0 Å². The molecule has 2 aliphatic rings. The molecule has 3 nitrogen and oxygen atoms in total. The molecular formula is C126H148BN3. The summed E-state index contributed by atoms with van der Waals surface area (Å²) in [4.78, 5) is 5.33. The molecule has 0 bridgehead atoms. The minimum atomic E-state index is -0.584. The third kappa shape index (κ3) is 17.4. The van der Waals surface area contributed by atoms with Gasteiger partial charge < -0.3 is 14.4 Å². The Labute approximate surface area is 795 Å². The second-order valence-electron chi connectivity index (χ2n) is 50.5. The third-order valence-electron chi connectivity index (χ3n) is 27.8. The molecule has 0 saturated carbocycles. The lowest BCUT2D eigenvalue weighted by molar-refractivity contribution is 0.568. The summed E-state index contributed by atoms with van der Waals surface area (Å²) in [6.07, 6.45) is 0. The molecule has 0 saturated heterocycles. The molecule has 13 aromatic carbocycles. The molecular weight excluding hydrogens is 1570 g/mol. The highest BCUT2D eigenvalue weighted by Gasteiger charge is 2.48. The van der Waals surface area contributed by atoms with Crippen LogP contribution in [0.5, 0.6) is 0 Å². The van der Waals surface area contributed by atoms with E-state index in [2.05, 4.69) is 447 Å². The molecule has 1 aromatic heterocycles. The van der Waals surface area contributed by atoms with E-state index in [1.807, 2.05) is 6.07 Å². The lowest BCUT2D eigenvalue weighted by Crippen LogP contribution is -2.61. The summed E-state index contributed by atoms with van der Waals surface area (Å²) in [7, 11) is 0. The van der Waals surface area contributed by atoms with Gasteiger partial charge in [0.1, 0.15) is 0 Å². The maximum absolute atomic E-state index is 10.2. The molecule has 670 valence electrons. The topological polar surface area (TPSA) is 11.4 Å². The van der Waals surface area contributed by atoms with Crippen LogP contribution in [0.2, 0.25) is 0 Å². The highest BCUT2D eigenvalue weighted by molar-refractivity contribution is 7.00. The number of rotatable bonds is 9. The van der Waals surface area contributed by atoms with E-state index in [0.717, 1.165) is 123 Å². The largest absolute Gasteiger partial charge is 0.310 e. The number of hydrogen-bond acceptors (Lipinski definition) is 2. The molecule has 0 spiro atoms. The van der Waals surface area contributed by atoms with Gasteiger partial charge in [-0.1, -0.05) is 425 Å². The van der Waals surface area contributed by atoms with Crippen LogP contribution in [0.25, 0.3) is 94.3 Å². The summed E-state index contributed by atoms with van der Waals surface area (Å²) in [6, 6.07) is 73.5. The maximum atomic E-state index is 10.2. The first kappa shape index (κ1) is 82.5. The van der Waals surface area contributed by atoms with Gasteiger partial charge in [-0.2, -0.15) is 0 Å². The molecule has 0 fully saturated rings. The second-order valence-corrected chi connectivity index (χ2v) is 50.5. The molecule has 0 aliphatic carbocycles. The Bertz CT molecular complexity index is 7140. The second kappa shape index (κ2) is 31.5. The monoisotopic (exact) mass is 1720 g/mol. The Morgan fingerprint density at radius 1 is 0.215 bits per heavy atom. The summed E-state index contributed by atoms with van der Waals surface area (Å²) in [5, 5.41) is 0.0235. The molecule has 2 aliphatic heterocycles. The van der Waals surface area contributed by atoms with Crippen LogP contribution in [0, 0.1) is 0 Å². The van der Waals surface area contributed by atoms with Crippen molar-refractivity contribution in [2.75, 3.05) is 9.80 Å². The van der Waals surface area contributed by atoms with E-state index in [-0.39, 0.29) is 93.5 Å². The normalized spacial score (nSPS) is 14.8. The quantitative estimate of drug-likeness (QED) is 0.133. The fraction of sp³-hybridized carbons (Fsp3) is 0.381. The fourth-order valence-electron chi connectivity index (χ4n) is 19.3. The van der Waals surface area contributed by atoms with Crippen LogP contribution in [-0.2, 0) is 65.0 Å². The summed E-state index contributed by atoms with van der Waals surface area (Å²) in [6.45, 7) is 83.3. The van der Waals surface area contributed by atoms with Gasteiger partial charge in [0.2, 0.25) is 0 Å². The maximum Gasteiger partial charge on any atom is 0.252 e. The molecule has 0 unspecified atom stereocenters. The van der Waals surface area contributed by atoms with Gasteiger partial charge in [-0.3, -0.25) is 0 Å². The van der Waals surface area contributed by atoms with Crippen LogP contribution in [0.15, 0.2) is 242 Å². The van der Waals surface area contributed by atoms with Gasteiger partial charge in [0.05, 0.1) is 33.4 Å². The van der Waals surface area contributed by atoms with Crippen molar-refractivity contribution in [1.29, 1.82) is 0 Å². The average Bonchev–Trinajstić information content (AvgIpc) is 0.700. The van der Waals surface area contributed by atoms with Gasteiger partial charge >= 0.3 is 0 Å². The minimum absolute atomic E-state index is 0.0117. The van der Waals surface area contributed by atoms with Gasteiger partial charge in [0.25, 0.3) is 6.71 Å². The number of para-hydroxylation sites is 2. The van der Waals surface area contributed by atoms with Crippen LogP contribution >= 0.6 is 0 Å². The van der Waals surface area contributed by atoms with Crippen molar-refractivity contribution in [2.45, 2.75) is 314 Å². The van der Waals surface area contributed by atoms with Crippen LogP contribution < -0.4 is 26.2 Å². The van der Waals surface area contributed by atoms with Gasteiger partial charge in [-0.05, 0) is 259 Å². The van der Waals surface area contributed by atoms with E-state index in [1.54, 1.807) is 4.57 Å². The number of aromatic nitrogens is 1. The van der Waals surface area contributed by atoms with Crippen LogP contribution in [-0.4, -0.2) is 11.3 Å². The van der Waals surface area contributed by atoms with Crippen LogP contribution in [0.4, 0.5) is 34.1 Å². The Hall–Kier alpha value is -10.7. The standard InChI is InChI=1S/C126H148BN3/c1-115(2,3)84-50-45-77(46-51-84)98-72-93(124(28,29)30)74-100(83-63-91(122(22,23)24)70-92(64-83)123(25,26)27)113(98)130-109-76-95(128-106-43-39-37-41-96(106)97-42-38-40-44-107(97)128)55-58-105(109)127-104-57-49-79(80-59-87(118(10,11)12)68-88(60-80)119(13,14)15)65-108(104)129(110-66-82(67-111(130)112(110)127)81-61-89(120(16,17)18)69-90(62-81)121(19,20)21)114-99(78-47-52-85(53-48-78)116(4,5)6)73-94(125(31,32)33)75-102(114)101-71-86(117(7,8)9)54-56-103(101)126(34,35)36/h37-76H,1-36H3/i37D,38D,39D,40D,41D,42D,43D,44D. The SMILES string of the molecule is [2H]c1c([2H])c([2H])c2c(c1[2H])c1c([2H])c([2H])c([2H])c([2H])c1n2-c1ccc2c(c1)N(c1c(-c3ccc(C(C)(C)C)cc3)cc(C(C)(C)C)cc1-c1cc(C(C)(C)C)cc(C(C)(C)C)c1)c1cc(-c3cc(C(C)(C)C)cc(C(C)(C)C)c3)cc3c1B2c1ccc(-c2cc(C(C)(C)C)cc(C(C)(C)C)c2)cc1N3c1c(-c2ccc(C(C)(C)C)cc2)cc(C(C)(C)C)cc1-c1cc(C(C)(C)C)ccc1C(C)(C)C. The zero-order chi connectivity index (χ0) is 101. The zero-order valence-electron chi connectivity index (χ0n) is 93.4. The van der Waals surface area contributed by atoms with Crippen molar-refractivity contribution in [3.63, 3.8) is 0 Å². The number of fused-ring (bicyclic) bond motifs is 7. The molecule has 0 radical (unpaired) electrons. The number of benzene rings is 13. The van der Waals surface area contributed by atoms with E-state index in [9.17, 15) is 11.0 Å². The number of hydrogen-bond donors (Lipinski definition) is 0. The molecule has 0 amide bonds. The van der Waals surface area contributed by atoms with Crippen LogP contribution in [0.3, 0.4) is 0 Å². The molecule has 4 heteroatoms. The smallest absolute Gasteiger partial charge is 0.252 e. The highest BCUT2D eigenvalue weighted by atomic mass is 15.2. The van der Waals surface area contributed by atoms with Gasteiger partial charge in [0, 0.05) is 61.5 Å². The number of nitrogens with zero attached hydrogens (tertiary/aromatic N) is 3. The van der Waals surface area contributed by atoms with Gasteiger partial charge in [-0.15, -0.1) is 0 Å². The molecule has 0 atom stereocenters. The van der Waals surface area contributed by atoms with Crippen molar-refractivity contribution in [2.24, 2.45) is 0 Å². The Balaban J connectivity index is 1.24. The van der Waals surface area contributed by atoms with Crippen molar-refractivity contribution in [3.8, 4) is 72.4 Å². The van der Waals surface area contributed by atoms with Crippen molar-refractivity contribution in [3.05, 3.63) is 309 Å². The summed E-state index contributed by atoms with van der Waals surface area (Å²) < 4.78 is 80.1. The average molecular weight is 1720 g/mol. The first-order valence-electron chi connectivity index (χ1n) is 51.6. The molecule has 16 rings (SSSR count). The molecule has 0 N–H and O–H groups in total. The predicted molar refractivity (Wildman–Crippen MR) is 572 cm³/mol. The van der Waals surface area contributed by atoms with Crippen molar-refractivity contribution < 1.29 is 11.0 Å². The molecule has 3 heterocycles.